The third kappa shape index (κ3) is 0.603. The molecule has 2 rings (SSSR count). The molecule has 49 valence electrons. The van der Waals surface area contributed by atoms with E-state index >= 15 is 0 Å². The topological polar surface area (TPSA) is 28.7 Å². The van der Waals surface area contributed by atoms with Gasteiger partial charge in [0.15, 0.2) is 0 Å². The molecule has 0 amide bonds. The molecule has 1 aromatic carbocycles. The van der Waals surface area contributed by atoms with Gasteiger partial charge in [-0.1, -0.05) is 0 Å². The van der Waals surface area contributed by atoms with E-state index in [9.17, 15) is 4.39 Å². The lowest BCUT2D eigenvalue weighted by molar-refractivity contribution is 0.639. The maximum absolute atomic E-state index is 12.7. The summed E-state index contributed by atoms with van der Waals surface area (Å²) < 4.78 is 12.7. The number of halogens is 1. The van der Waals surface area contributed by atoms with Crippen LogP contribution in [-0.2, 0) is 0 Å². The van der Waals surface area contributed by atoms with Gasteiger partial charge in [0.05, 0.1) is 17.1 Å². The van der Waals surface area contributed by atoms with E-state index < -0.39 is 0 Å². The van der Waals surface area contributed by atoms with Crippen molar-refractivity contribution in [3.63, 3.8) is 0 Å². The van der Waals surface area contributed by atoms with E-state index in [1.807, 2.05) is 0 Å². The van der Waals surface area contributed by atoms with Crippen LogP contribution in [0, 0.1) is 11.9 Å². The van der Waals surface area contributed by atoms with Crippen molar-refractivity contribution in [1.29, 1.82) is 0 Å². The Labute approximate surface area is 56.7 Å². The minimum Gasteiger partial charge on any atom is -0.278 e. The van der Waals surface area contributed by atoms with Gasteiger partial charge < -0.3 is 0 Å². The molecule has 0 atom stereocenters. The Balaban J connectivity index is 2.95. The highest BCUT2D eigenvalue weighted by Crippen LogP contribution is 2.12. The average molecular weight is 135 g/mol. The predicted molar refractivity (Wildman–Crippen MR) is 34.9 cm³/mol. The molecule has 0 fully saturated rings. The van der Waals surface area contributed by atoms with Gasteiger partial charge in [-0.2, -0.15) is 5.10 Å². The smallest absolute Gasteiger partial charge is 0.134 e. The van der Waals surface area contributed by atoms with Gasteiger partial charge in [0.2, 0.25) is 0 Å². The summed E-state index contributed by atoms with van der Waals surface area (Å²) in [6, 6.07) is 5.59. The molecule has 0 saturated carbocycles. The molecular weight excluding hydrogens is 131 g/mol. The fraction of sp³-hybridized carbons (Fsp3) is 0. The minimum atomic E-state index is -0.286. The van der Waals surface area contributed by atoms with Crippen LogP contribution in [0.5, 0.6) is 0 Å². The van der Waals surface area contributed by atoms with Gasteiger partial charge in [0, 0.05) is 0 Å². The molecule has 3 heteroatoms. The number of rotatable bonds is 0. The molecule has 0 saturated heterocycles. The molecular formula is C7H4FN2. The highest BCUT2D eigenvalue weighted by molar-refractivity contribution is 5.77. The van der Waals surface area contributed by atoms with Crippen molar-refractivity contribution >= 4 is 10.9 Å². The van der Waals surface area contributed by atoms with Gasteiger partial charge in [0.25, 0.3) is 0 Å². The second-order valence-electron chi connectivity index (χ2n) is 2.00. The second-order valence-corrected chi connectivity index (χ2v) is 2.00. The molecule has 1 aromatic heterocycles. The Kier molecular flexibility index (Phi) is 0.974. The highest BCUT2D eigenvalue weighted by Gasteiger charge is 1.98. The monoisotopic (exact) mass is 135 g/mol. The first-order chi connectivity index (χ1) is 4.88. The Bertz CT molecular complexity index is 353. The van der Waals surface area contributed by atoms with Crippen LogP contribution in [0.1, 0.15) is 0 Å². The summed E-state index contributed by atoms with van der Waals surface area (Å²) in [5.41, 5.74) is 0.681. The zero-order chi connectivity index (χ0) is 6.97. The van der Waals surface area contributed by atoms with Crippen molar-refractivity contribution < 1.29 is 4.39 Å². The summed E-state index contributed by atoms with van der Waals surface area (Å²) in [5, 5.41) is 6.83. The summed E-state index contributed by atoms with van der Waals surface area (Å²) in [7, 11) is 0. The zero-order valence-electron chi connectivity index (χ0n) is 5.06. The molecule has 0 bridgehead atoms. The number of fused-ring (bicyclic) bond motifs is 1. The Morgan fingerprint density at radius 2 is 2.40 bits per heavy atom. The Morgan fingerprint density at radius 1 is 1.50 bits per heavy atom. The maximum atomic E-state index is 12.7. The third-order valence-electron chi connectivity index (χ3n) is 1.36. The van der Waals surface area contributed by atoms with E-state index in [1.165, 1.54) is 12.3 Å². The number of aromatic amines is 1. The van der Waals surface area contributed by atoms with Gasteiger partial charge in [-0.3, -0.25) is 5.10 Å². The van der Waals surface area contributed by atoms with Crippen LogP contribution in [0.25, 0.3) is 10.9 Å². The molecule has 0 spiro atoms. The first-order valence-corrected chi connectivity index (χ1v) is 2.86. The summed E-state index contributed by atoms with van der Waals surface area (Å²) in [6.07, 6.45) is 1.46. The van der Waals surface area contributed by atoms with Crippen LogP contribution in [0.4, 0.5) is 4.39 Å². The number of nitrogens with zero attached hydrogens (tertiary/aromatic N) is 1. The largest absolute Gasteiger partial charge is 0.278 e. The molecule has 2 aromatic rings. The van der Waals surface area contributed by atoms with E-state index in [2.05, 4.69) is 16.3 Å². The number of nitrogens with one attached hydrogen (secondary N) is 1. The number of hydrogen-bond donors (Lipinski definition) is 1. The number of H-pyrrole nitrogens is 1. The van der Waals surface area contributed by atoms with Crippen molar-refractivity contribution in [2.75, 3.05) is 0 Å². The molecule has 0 unspecified atom stereocenters. The minimum absolute atomic E-state index is 0.286. The number of aromatic nitrogens is 2. The normalized spacial score (nSPS) is 10.5. The maximum Gasteiger partial charge on any atom is 0.134 e. The summed E-state index contributed by atoms with van der Waals surface area (Å²) >= 11 is 0. The first kappa shape index (κ1) is 5.41. The van der Waals surface area contributed by atoms with Crippen LogP contribution in [0.2, 0.25) is 0 Å². The van der Waals surface area contributed by atoms with Crippen LogP contribution in [0.3, 0.4) is 0 Å². The third-order valence-corrected chi connectivity index (χ3v) is 1.36. The van der Waals surface area contributed by atoms with E-state index in [0.29, 0.717) is 10.9 Å². The number of hydrogen-bond acceptors (Lipinski definition) is 1. The quantitative estimate of drug-likeness (QED) is 0.582. The molecule has 2 nitrogen and oxygen atoms in total. The van der Waals surface area contributed by atoms with Crippen molar-refractivity contribution in [2.45, 2.75) is 0 Å². The summed E-state index contributed by atoms with van der Waals surface area (Å²) in [6.45, 7) is 0. The lowest BCUT2D eigenvalue weighted by atomic mass is 10.2. The molecule has 1 heterocycles. The van der Waals surface area contributed by atoms with Gasteiger partial charge in [-0.05, 0) is 18.2 Å². The van der Waals surface area contributed by atoms with Crippen LogP contribution in [-0.4, -0.2) is 10.2 Å². The molecule has 1 radical (unpaired) electrons. The van der Waals surface area contributed by atoms with Gasteiger partial charge in [-0.25, -0.2) is 4.39 Å². The van der Waals surface area contributed by atoms with E-state index in [0.717, 1.165) is 0 Å². The predicted octanol–water partition coefficient (Wildman–Crippen LogP) is 1.50. The first-order valence-electron chi connectivity index (χ1n) is 2.86. The summed E-state index contributed by atoms with van der Waals surface area (Å²) in [4.78, 5) is 0. The van der Waals surface area contributed by atoms with E-state index in [4.69, 9.17) is 0 Å². The van der Waals surface area contributed by atoms with E-state index in [1.54, 1.807) is 6.07 Å². The Hall–Kier alpha value is -1.38. The lowest BCUT2D eigenvalue weighted by Gasteiger charge is -1.86. The molecule has 1 N–H and O–H groups in total. The fourth-order valence-electron chi connectivity index (χ4n) is 0.872. The van der Waals surface area contributed by atoms with Gasteiger partial charge >= 0.3 is 0 Å². The Morgan fingerprint density at radius 3 is 3.20 bits per heavy atom. The van der Waals surface area contributed by atoms with Gasteiger partial charge in [-0.15, -0.1) is 0 Å². The molecule has 0 aliphatic carbocycles. The van der Waals surface area contributed by atoms with Crippen molar-refractivity contribution in [3.05, 3.63) is 30.2 Å². The second kappa shape index (κ2) is 1.80. The lowest BCUT2D eigenvalue weighted by Crippen LogP contribution is -1.73. The number of benzene rings is 1. The van der Waals surface area contributed by atoms with Crippen LogP contribution < -0.4 is 0 Å². The van der Waals surface area contributed by atoms with Crippen LogP contribution >= 0.6 is 0 Å². The fourth-order valence-corrected chi connectivity index (χ4v) is 0.872. The van der Waals surface area contributed by atoms with Crippen LogP contribution in [0.15, 0.2) is 18.3 Å². The SMILES string of the molecule is Fc1c[c]cc2[nH]ncc12. The zero-order valence-corrected chi connectivity index (χ0v) is 5.06. The van der Waals surface area contributed by atoms with Crippen molar-refractivity contribution in [2.24, 2.45) is 0 Å². The van der Waals surface area contributed by atoms with E-state index in [-0.39, 0.29) is 5.82 Å². The molecule has 0 aliphatic heterocycles. The van der Waals surface area contributed by atoms with Crippen molar-refractivity contribution in [1.82, 2.24) is 10.2 Å². The summed E-state index contributed by atoms with van der Waals surface area (Å²) in [5.74, 6) is -0.286. The van der Waals surface area contributed by atoms with Gasteiger partial charge in [0.1, 0.15) is 5.82 Å². The molecule has 0 aliphatic rings. The average Bonchev–Trinajstić information content (AvgIpc) is 2.36. The highest BCUT2D eigenvalue weighted by atomic mass is 19.1. The molecule has 10 heavy (non-hydrogen) atoms. The van der Waals surface area contributed by atoms with Crippen molar-refractivity contribution in [3.8, 4) is 0 Å². The standard InChI is InChI=1S/C7H4FN2/c8-6-2-1-3-7-5(6)4-9-10-7/h2-4H,(H,9,10).